The maximum Gasteiger partial charge on any atom is 0.266 e. The smallest absolute Gasteiger partial charge is 0.259 e. The number of rotatable bonds is 1. The maximum atomic E-state index is 12.5. The summed E-state index contributed by atoms with van der Waals surface area (Å²) in [7, 11) is 0. The Balaban J connectivity index is 3.46. The van der Waals surface area contributed by atoms with Gasteiger partial charge in [0.05, 0.1) is 16.8 Å². The minimum Gasteiger partial charge on any atom is -0.259 e. The molecule has 0 N–H and O–H groups in total. The normalized spacial score (nSPS) is 10.2. The van der Waals surface area contributed by atoms with Gasteiger partial charge in [-0.3, -0.25) is 4.98 Å². The predicted octanol–water partition coefficient (Wildman–Crippen LogP) is 2.80. The van der Waals surface area contributed by atoms with E-state index in [9.17, 15) is 8.78 Å². The van der Waals surface area contributed by atoms with Crippen molar-refractivity contribution in [2.24, 2.45) is 0 Å². The first-order chi connectivity index (χ1) is 6.07. The molecular formula is C8H5F2IN2. The average molecular weight is 294 g/mol. The van der Waals surface area contributed by atoms with E-state index in [1.54, 1.807) is 35.6 Å². The zero-order chi connectivity index (χ0) is 10.0. The lowest BCUT2D eigenvalue weighted by atomic mass is 10.1. The van der Waals surface area contributed by atoms with Gasteiger partial charge in [0.1, 0.15) is 6.07 Å². The predicted molar refractivity (Wildman–Crippen MR) is 51.4 cm³/mol. The van der Waals surface area contributed by atoms with E-state index in [0.717, 1.165) is 0 Å². The van der Waals surface area contributed by atoms with Crippen molar-refractivity contribution in [3.05, 3.63) is 26.6 Å². The van der Waals surface area contributed by atoms with Crippen LogP contribution in [-0.2, 0) is 0 Å². The van der Waals surface area contributed by atoms with Crippen LogP contribution in [0.1, 0.15) is 23.2 Å². The lowest BCUT2D eigenvalue weighted by Gasteiger charge is -2.06. The second-order valence-corrected chi connectivity index (χ2v) is 3.55. The molecule has 0 bridgehead atoms. The molecule has 68 valence electrons. The molecule has 1 aromatic heterocycles. The standard InChI is InChI=1S/C8H5F2IN2/c1-4-5(2-12)7(8(9)10)6(11)3-13-4/h3,8H,1H3. The largest absolute Gasteiger partial charge is 0.266 e. The zero-order valence-electron chi connectivity index (χ0n) is 6.68. The molecule has 1 aromatic rings. The molecule has 0 unspecified atom stereocenters. The van der Waals surface area contributed by atoms with Gasteiger partial charge in [0.15, 0.2) is 0 Å². The Hall–Kier alpha value is -0.770. The molecule has 0 amide bonds. The second kappa shape index (κ2) is 3.96. The van der Waals surface area contributed by atoms with Gasteiger partial charge >= 0.3 is 0 Å². The van der Waals surface area contributed by atoms with Gasteiger partial charge in [-0.25, -0.2) is 8.78 Å². The summed E-state index contributed by atoms with van der Waals surface area (Å²) in [5.41, 5.74) is 0.121. The van der Waals surface area contributed by atoms with Crippen LogP contribution in [0.3, 0.4) is 0 Å². The van der Waals surface area contributed by atoms with E-state index in [-0.39, 0.29) is 11.1 Å². The van der Waals surface area contributed by atoms with Gasteiger partial charge in [-0.05, 0) is 29.5 Å². The monoisotopic (exact) mass is 294 g/mol. The van der Waals surface area contributed by atoms with E-state index in [2.05, 4.69) is 4.98 Å². The number of pyridine rings is 1. The van der Waals surface area contributed by atoms with Crippen molar-refractivity contribution in [1.82, 2.24) is 4.98 Å². The van der Waals surface area contributed by atoms with Crippen LogP contribution in [0.2, 0.25) is 0 Å². The summed E-state index contributed by atoms with van der Waals surface area (Å²) in [6.07, 6.45) is -1.28. The molecule has 0 aromatic carbocycles. The SMILES string of the molecule is Cc1ncc(I)c(C(F)F)c1C#N. The fourth-order valence-corrected chi connectivity index (χ4v) is 1.60. The minimum absolute atomic E-state index is 0.0121. The van der Waals surface area contributed by atoms with Gasteiger partial charge in [0, 0.05) is 9.77 Å². The fraction of sp³-hybridized carbons (Fsp3) is 0.250. The number of nitriles is 1. The van der Waals surface area contributed by atoms with Crippen molar-refractivity contribution < 1.29 is 8.78 Å². The third-order valence-electron chi connectivity index (χ3n) is 1.59. The number of alkyl halides is 2. The van der Waals surface area contributed by atoms with Gasteiger partial charge in [-0.15, -0.1) is 0 Å². The molecule has 0 aliphatic rings. The van der Waals surface area contributed by atoms with Gasteiger partial charge in [0.25, 0.3) is 6.43 Å². The fourth-order valence-electron chi connectivity index (χ4n) is 0.956. The molecule has 0 atom stereocenters. The van der Waals surface area contributed by atoms with Crippen LogP contribution in [-0.4, -0.2) is 4.98 Å². The van der Waals surface area contributed by atoms with E-state index in [4.69, 9.17) is 5.26 Å². The molecule has 0 saturated carbocycles. The Morgan fingerprint density at radius 1 is 1.62 bits per heavy atom. The third-order valence-corrected chi connectivity index (χ3v) is 2.45. The van der Waals surface area contributed by atoms with E-state index < -0.39 is 6.43 Å². The molecule has 5 heteroatoms. The summed E-state index contributed by atoms with van der Waals surface area (Å²) in [5.74, 6) is 0. The Bertz CT molecular complexity index is 371. The molecule has 13 heavy (non-hydrogen) atoms. The zero-order valence-corrected chi connectivity index (χ0v) is 8.84. The number of aromatic nitrogens is 1. The van der Waals surface area contributed by atoms with E-state index >= 15 is 0 Å². The van der Waals surface area contributed by atoms with Crippen LogP contribution in [0.15, 0.2) is 6.20 Å². The molecule has 2 nitrogen and oxygen atoms in total. The summed E-state index contributed by atoms with van der Waals surface area (Å²) in [4.78, 5) is 3.83. The highest BCUT2D eigenvalue weighted by molar-refractivity contribution is 14.1. The lowest BCUT2D eigenvalue weighted by molar-refractivity contribution is 0.150. The van der Waals surface area contributed by atoms with Crippen LogP contribution in [0.5, 0.6) is 0 Å². The van der Waals surface area contributed by atoms with E-state index in [0.29, 0.717) is 9.26 Å². The van der Waals surface area contributed by atoms with Gasteiger partial charge in [0.2, 0.25) is 0 Å². The summed E-state index contributed by atoms with van der Waals surface area (Å²) < 4.78 is 25.3. The highest BCUT2D eigenvalue weighted by Gasteiger charge is 2.18. The van der Waals surface area contributed by atoms with Crippen LogP contribution in [0.4, 0.5) is 8.78 Å². The molecular weight excluding hydrogens is 289 g/mol. The molecule has 0 spiro atoms. The lowest BCUT2D eigenvalue weighted by Crippen LogP contribution is -1.99. The van der Waals surface area contributed by atoms with Crippen molar-refractivity contribution >= 4 is 22.6 Å². The number of halogens is 3. The Morgan fingerprint density at radius 2 is 2.23 bits per heavy atom. The Kier molecular flexibility index (Phi) is 3.14. The summed E-state index contributed by atoms with van der Waals surface area (Å²) in [6, 6.07) is 1.74. The average Bonchev–Trinajstić information content (AvgIpc) is 2.07. The number of nitrogens with zero attached hydrogens (tertiary/aromatic N) is 2. The first-order valence-electron chi connectivity index (χ1n) is 3.41. The summed E-state index contributed by atoms with van der Waals surface area (Å²) >= 11 is 1.75. The first kappa shape index (κ1) is 10.3. The molecule has 0 aliphatic carbocycles. The topological polar surface area (TPSA) is 36.7 Å². The Labute approximate surface area is 87.7 Å². The van der Waals surface area contributed by atoms with Crippen molar-refractivity contribution in [1.29, 1.82) is 5.26 Å². The maximum absolute atomic E-state index is 12.5. The Morgan fingerprint density at radius 3 is 2.62 bits per heavy atom. The molecule has 1 heterocycles. The molecule has 0 saturated heterocycles. The van der Waals surface area contributed by atoms with Crippen LogP contribution in [0, 0.1) is 21.8 Å². The van der Waals surface area contributed by atoms with Crippen molar-refractivity contribution in [2.75, 3.05) is 0 Å². The minimum atomic E-state index is -2.62. The summed E-state index contributed by atoms with van der Waals surface area (Å²) in [6.45, 7) is 1.54. The highest BCUT2D eigenvalue weighted by atomic mass is 127. The van der Waals surface area contributed by atoms with Crippen molar-refractivity contribution in [2.45, 2.75) is 13.3 Å². The van der Waals surface area contributed by atoms with Crippen molar-refractivity contribution in [3.8, 4) is 6.07 Å². The quantitative estimate of drug-likeness (QED) is 0.747. The first-order valence-corrected chi connectivity index (χ1v) is 4.49. The van der Waals surface area contributed by atoms with Gasteiger partial charge in [-0.2, -0.15) is 5.26 Å². The van der Waals surface area contributed by atoms with Crippen LogP contribution >= 0.6 is 22.6 Å². The van der Waals surface area contributed by atoms with E-state index in [1.165, 1.54) is 6.20 Å². The number of hydrogen-bond acceptors (Lipinski definition) is 2. The highest BCUT2D eigenvalue weighted by Crippen LogP contribution is 2.28. The summed E-state index contributed by atoms with van der Waals surface area (Å²) in [5, 5.41) is 8.65. The second-order valence-electron chi connectivity index (χ2n) is 2.39. The van der Waals surface area contributed by atoms with Crippen molar-refractivity contribution in [3.63, 3.8) is 0 Å². The van der Waals surface area contributed by atoms with E-state index in [1.807, 2.05) is 0 Å². The van der Waals surface area contributed by atoms with Gasteiger partial charge < -0.3 is 0 Å². The number of aryl methyl sites for hydroxylation is 1. The third kappa shape index (κ3) is 1.94. The van der Waals surface area contributed by atoms with Crippen LogP contribution < -0.4 is 0 Å². The van der Waals surface area contributed by atoms with Crippen LogP contribution in [0.25, 0.3) is 0 Å². The molecule has 1 rings (SSSR count). The number of hydrogen-bond donors (Lipinski definition) is 0. The molecule has 0 aliphatic heterocycles. The molecule has 0 radical (unpaired) electrons. The van der Waals surface area contributed by atoms with Gasteiger partial charge in [-0.1, -0.05) is 0 Å². The molecule has 0 fully saturated rings.